The fourth-order valence-corrected chi connectivity index (χ4v) is 2.02. The second-order valence-electron chi connectivity index (χ2n) is 3.80. The Kier molecular flexibility index (Phi) is 4.28. The molecule has 0 saturated carbocycles. The van der Waals surface area contributed by atoms with Crippen molar-refractivity contribution in [2.75, 3.05) is 6.61 Å². The van der Waals surface area contributed by atoms with E-state index in [1.807, 2.05) is 19.1 Å². The first-order chi connectivity index (χ1) is 8.70. The van der Waals surface area contributed by atoms with Crippen molar-refractivity contribution in [2.24, 2.45) is 5.73 Å². The van der Waals surface area contributed by atoms with Gasteiger partial charge in [0.25, 0.3) is 0 Å². The number of rotatable bonds is 4. The number of hydrogen-bond acceptors (Lipinski definition) is 4. The zero-order chi connectivity index (χ0) is 13.0. The number of hydrogen-bond donors (Lipinski definition) is 1. The molecule has 4 nitrogen and oxygen atoms in total. The van der Waals surface area contributed by atoms with Gasteiger partial charge in [-0.3, -0.25) is 9.97 Å². The summed E-state index contributed by atoms with van der Waals surface area (Å²) in [5.74, 6) is 0.730. The van der Waals surface area contributed by atoms with E-state index in [2.05, 4.69) is 25.9 Å². The molecule has 2 rings (SSSR count). The summed E-state index contributed by atoms with van der Waals surface area (Å²) in [5, 5.41) is 0. The Morgan fingerprint density at radius 1 is 1.17 bits per heavy atom. The van der Waals surface area contributed by atoms with Gasteiger partial charge in [-0.05, 0) is 46.1 Å². The minimum Gasteiger partial charge on any atom is -0.492 e. The first-order valence-electron chi connectivity index (χ1n) is 5.64. The van der Waals surface area contributed by atoms with Gasteiger partial charge in [0.05, 0.1) is 18.8 Å². The first kappa shape index (κ1) is 13.0. The zero-order valence-corrected chi connectivity index (χ0v) is 11.6. The number of pyridine rings is 2. The molecule has 0 saturated heterocycles. The molecule has 0 radical (unpaired) electrons. The van der Waals surface area contributed by atoms with Crippen molar-refractivity contribution in [3.8, 4) is 5.75 Å². The van der Waals surface area contributed by atoms with Gasteiger partial charge in [0.15, 0.2) is 0 Å². The van der Waals surface area contributed by atoms with E-state index in [0.717, 1.165) is 21.3 Å². The molecule has 1 unspecified atom stereocenters. The molecule has 0 aromatic carbocycles. The van der Waals surface area contributed by atoms with Crippen molar-refractivity contribution in [3.63, 3.8) is 0 Å². The molecule has 0 aliphatic rings. The van der Waals surface area contributed by atoms with Crippen LogP contribution in [0.25, 0.3) is 0 Å². The summed E-state index contributed by atoms with van der Waals surface area (Å²) in [6, 6.07) is 3.59. The lowest BCUT2D eigenvalue weighted by Crippen LogP contribution is -2.12. The average Bonchev–Trinajstić information content (AvgIpc) is 2.39. The monoisotopic (exact) mass is 307 g/mol. The molecule has 0 amide bonds. The highest BCUT2D eigenvalue weighted by Crippen LogP contribution is 2.23. The summed E-state index contributed by atoms with van der Waals surface area (Å²) in [5.41, 5.74) is 8.03. The van der Waals surface area contributed by atoms with E-state index >= 15 is 0 Å². The Morgan fingerprint density at radius 3 is 2.50 bits per heavy atom. The van der Waals surface area contributed by atoms with E-state index in [1.165, 1.54) is 0 Å². The minimum absolute atomic E-state index is 0.261. The Morgan fingerprint density at radius 2 is 1.83 bits per heavy atom. The van der Waals surface area contributed by atoms with Crippen LogP contribution >= 0.6 is 15.9 Å². The molecule has 0 bridgehead atoms. The molecular formula is C13H14BrN3O. The molecule has 0 fully saturated rings. The molecule has 1 atom stereocenters. The third kappa shape index (κ3) is 3.05. The van der Waals surface area contributed by atoms with E-state index in [4.69, 9.17) is 10.5 Å². The second-order valence-corrected chi connectivity index (χ2v) is 4.72. The molecule has 2 aromatic rings. The van der Waals surface area contributed by atoms with Crippen LogP contribution in [-0.2, 0) is 0 Å². The average molecular weight is 308 g/mol. The predicted octanol–water partition coefficient (Wildman–Crippen LogP) is 2.69. The zero-order valence-electron chi connectivity index (χ0n) is 10.0. The van der Waals surface area contributed by atoms with Gasteiger partial charge in [0, 0.05) is 23.1 Å². The van der Waals surface area contributed by atoms with Gasteiger partial charge in [-0.1, -0.05) is 0 Å². The van der Waals surface area contributed by atoms with Crippen molar-refractivity contribution in [3.05, 3.63) is 52.5 Å². The molecule has 2 heterocycles. The van der Waals surface area contributed by atoms with Gasteiger partial charge in [0.2, 0.25) is 0 Å². The summed E-state index contributed by atoms with van der Waals surface area (Å²) in [4.78, 5) is 8.25. The van der Waals surface area contributed by atoms with Gasteiger partial charge in [-0.2, -0.15) is 0 Å². The number of halogens is 1. The number of ether oxygens (including phenoxy) is 1. The van der Waals surface area contributed by atoms with Crippen molar-refractivity contribution in [1.82, 2.24) is 9.97 Å². The Bertz CT molecular complexity index is 533. The van der Waals surface area contributed by atoms with Crippen LogP contribution in [0.2, 0.25) is 0 Å². The third-order valence-electron chi connectivity index (χ3n) is 2.49. The highest BCUT2D eigenvalue weighted by Gasteiger charge is 2.11. The van der Waals surface area contributed by atoms with E-state index < -0.39 is 0 Å². The smallest absolute Gasteiger partial charge is 0.137 e. The van der Waals surface area contributed by atoms with Crippen LogP contribution in [0, 0.1) is 0 Å². The Balaban J connectivity index is 2.27. The maximum Gasteiger partial charge on any atom is 0.137 e. The Hall–Kier alpha value is -1.46. The van der Waals surface area contributed by atoms with Gasteiger partial charge < -0.3 is 10.5 Å². The number of nitrogens with two attached hydrogens (primary N) is 1. The van der Waals surface area contributed by atoms with Gasteiger partial charge in [-0.15, -0.1) is 0 Å². The summed E-state index contributed by atoms with van der Waals surface area (Å²) < 4.78 is 6.32. The first-order valence-corrected chi connectivity index (χ1v) is 6.43. The number of aromatic nitrogens is 2. The van der Waals surface area contributed by atoms with E-state index in [1.54, 1.807) is 24.8 Å². The molecule has 18 heavy (non-hydrogen) atoms. The summed E-state index contributed by atoms with van der Waals surface area (Å²) >= 11 is 3.38. The van der Waals surface area contributed by atoms with E-state index in [0.29, 0.717) is 6.61 Å². The molecule has 2 N–H and O–H groups in total. The fraction of sp³-hybridized carbons (Fsp3) is 0.231. The maximum absolute atomic E-state index is 6.19. The van der Waals surface area contributed by atoms with Gasteiger partial charge >= 0.3 is 0 Å². The summed E-state index contributed by atoms with van der Waals surface area (Å²) in [6.45, 7) is 2.55. The minimum atomic E-state index is -0.261. The van der Waals surface area contributed by atoms with Crippen LogP contribution in [0.15, 0.2) is 41.4 Å². The fourth-order valence-electron chi connectivity index (χ4n) is 1.64. The predicted molar refractivity (Wildman–Crippen MR) is 73.4 cm³/mol. The molecule has 94 valence electrons. The Labute approximate surface area is 114 Å². The third-order valence-corrected chi connectivity index (χ3v) is 2.92. The van der Waals surface area contributed by atoms with Crippen molar-refractivity contribution in [1.29, 1.82) is 0 Å². The van der Waals surface area contributed by atoms with Crippen LogP contribution < -0.4 is 10.5 Å². The van der Waals surface area contributed by atoms with Crippen LogP contribution in [0.1, 0.15) is 24.1 Å². The lowest BCUT2D eigenvalue weighted by molar-refractivity contribution is 0.338. The topological polar surface area (TPSA) is 61.0 Å². The summed E-state index contributed by atoms with van der Waals surface area (Å²) in [6.07, 6.45) is 6.90. The molecular weight excluding hydrogens is 294 g/mol. The van der Waals surface area contributed by atoms with Crippen molar-refractivity contribution >= 4 is 15.9 Å². The number of nitrogens with zero attached hydrogens (tertiary/aromatic N) is 2. The van der Waals surface area contributed by atoms with Crippen LogP contribution in [-0.4, -0.2) is 16.6 Å². The molecule has 5 heteroatoms. The molecule has 0 aliphatic carbocycles. The highest BCUT2D eigenvalue weighted by atomic mass is 79.9. The van der Waals surface area contributed by atoms with Gasteiger partial charge in [0.1, 0.15) is 5.75 Å². The molecule has 0 aliphatic heterocycles. The molecule has 0 spiro atoms. The highest BCUT2D eigenvalue weighted by molar-refractivity contribution is 9.10. The van der Waals surface area contributed by atoms with Crippen molar-refractivity contribution < 1.29 is 4.74 Å². The molecule has 2 aromatic heterocycles. The van der Waals surface area contributed by atoms with Crippen LogP contribution in [0.3, 0.4) is 0 Å². The summed E-state index contributed by atoms with van der Waals surface area (Å²) in [7, 11) is 0. The van der Waals surface area contributed by atoms with E-state index in [-0.39, 0.29) is 6.04 Å². The van der Waals surface area contributed by atoms with Crippen LogP contribution in [0.4, 0.5) is 0 Å². The van der Waals surface area contributed by atoms with Crippen LogP contribution in [0.5, 0.6) is 5.75 Å². The largest absolute Gasteiger partial charge is 0.492 e. The lowest BCUT2D eigenvalue weighted by atomic mass is 10.0. The lowest BCUT2D eigenvalue weighted by Gasteiger charge is -2.13. The SMILES string of the molecule is CCOc1cncc(C(N)c2cncc(Br)c2)c1. The van der Waals surface area contributed by atoms with E-state index in [9.17, 15) is 0 Å². The second kappa shape index (κ2) is 5.93. The van der Waals surface area contributed by atoms with Gasteiger partial charge in [-0.25, -0.2) is 0 Å². The standard InChI is InChI=1S/C13H14BrN3O/c1-2-18-12-4-10(6-17-8-12)13(15)9-3-11(14)7-16-5-9/h3-8,13H,2,15H2,1H3. The maximum atomic E-state index is 6.19. The van der Waals surface area contributed by atoms with Crippen molar-refractivity contribution in [2.45, 2.75) is 13.0 Å². The quantitative estimate of drug-likeness (QED) is 0.943. The normalized spacial score (nSPS) is 12.2.